The van der Waals surface area contributed by atoms with E-state index in [1.807, 2.05) is 6.07 Å². The second kappa shape index (κ2) is 4.63. The molecule has 0 amide bonds. The number of anilines is 2. The van der Waals surface area contributed by atoms with Crippen molar-refractivity contribution in [1.29, 1.82) is 0 Å². The van der Waals surface area contributed by atoms with E-state index in [2.05, 4.69) is 37.7 Å². The number of fused-ring (bicyclic) bond motifs is 2. The van der Waals surface area contributed by atoms with Gasteiger partial charge >= 0.3 is 0 Å². The average Bonchev–Trinajstić information content (AvgIpc) is 3.10. The van der Waals surface area contributed by atoms with Crippen molar-refractivity contribution in [2.24, 2.45) is 0 Å². The predicted octanol–water partition coefficient (Wildman–Crippen LogP) is 1.81. The molecule has 0 aromatic carbocycles. The van der Waals surface area contributed by atoms with Crippen molar-refractivity contribution < 1.29 is 0 Å². The molecule has 2 saturated heterocycles. The van der Waals surface area contributed by atoms with Crippen LogP contribution in [0.3, 0.4) is 0 Å². The van der Waals surface area contributed by atoms with Gasteiger partial charge in [0.1, 0.15) is 12.1 Å². The number of hydrogen-bond donors (Lipinski definition) is 1. The molecular formula is C14H15N5S. The maximum absolute atomic E-state index is 6.12. The van der Waals surface area contributed by atoms with Crippen LogP contribution in [0.2, 0.25) is 0 Å². The minimum atomic E-state index is 0.539. The quantitative estimate of drug-likeness (QED) is 0.907. The van der Waals surface area contributed by atoms with Crippen molar-refractivity contribution in [1.82, 2.24) is 15.0 Å². The summed E-state index contributed by atoms with van der Waals surface area (Å²) in [6.45, 7) is 1.09. The van der Waals surface area contributed by atoms with Gasteiger partial charge in [-0.3, -0.25) is 0 Å². The number of thioether (sulfide) groups is 1. The van der Waals surface area contributed by atoms with Crippen LogP contribution in [0.4, 0.5) is 11.5 Å². The number of nitrogens with zero attached hydrogens (tertiary/aromatic N) is 4. The summed E-state index contributed by atoms with van der Waals surface area (Å²) in [5, 5.41) is 0.757. The molecule has 2 fully saturated rings. The van der Waals surface area contributed by atoms with Crippen LogP contribution >= 0.6 is 11.8 Å². The highest BCUT2D eigenvalue weighted by molar-refractivity contribution is 8.00. The second-order valence-electron chi connectivity index (χ2n) is 5.18. The first-order chi connectivity index (χ1) is 9.83. The number of nitrogen functional groups attached to an aromatic ring is 1. The van der Waals surface area contributed by atoms with Gasteiger partial charge in [0.2, 0.25) is 0 Å². The van der Waals surface area contributed by atoms with Crippen molar-refractivity contribution in [3.8, 4) is 11.3 Å². The van der Waals surface area contributed by atoms with Crippen molar-refractivity contribution in [3.63, 3.8) is 0 Å². The van der Waals surface area contributed by atoms with Gasteiger partial charge in [-0.05, 0) is 18.6 Å². The van der Waals surface area contributed by atoms with Gasteiger partial charge in [0, 0.05) is 36.0 Å². The lowest BCUT2D eigenvalue weighted by molar-refractivity contribution is 0.763. The Balaban J connectivity index is 1.82. The predicted molar refractivity (Wildman–Crippen MR) is 81.7 cm³/mol. The van der Waals surface area contributed by atoms with Gasteiger partial charge in [0.05, 0.1) is 16.9 Å². The molecule has 0 radical (unpaired) electrons. The van der Waals surface area contributed by atoms with Crippen molar-refractivity contribution in [3.05, 3.63) is 30.9 Å². The molecule has 2 N–H and O–H groups in total. The first-order valence-corrected chi connectivity index (χ1v) is 7.77. The SMILES string of the molecule is Nc1nccc(N2CC3CC2CS3)c1-c1ccncn1. The molecule has 20 heavy (non-hydrogen) atoms. The summed E-state index contributed by atoms with van der Waals surface area (Å²) in [5.74, 6) is 1.74. The topological polar surface area (TPSA) is 67.9 Å². The fourth-order valence-electron chi connectivity index (χ4n) is 3.10. The van der Waals surface area contributed by atoms with Crippen molar-refractivity contribution in [2.75, 3.05) is 22.9 Å². The summed E-state index contributed by atoms with van der Waals surface area (Å²) >= 11 is 2.08. The van der Waals surface area contributed by atoms with Crippen molar-refractivity contribution >= 4 is 23.3 Å². The molecule has 2 aromatic heterocycles. The Kier molecular flexibility index (Phi) is 2.77. The van der Waals surface area contributed by atoms with E-state index < -0.39 is 0 Å². The van der Waals surface area contributed by atoms with E-state index in [1.165, 1.54) is 12.2 Å². The molecule has 2 bridgehead atoms. The van der Waals surface area contributed by atoms with E-state index in [4.69, 9.17) is 5.73 Å². The number of nitrogens with two attached hydrogens (primary N) is 1. The Hall–Kier alpha value is -1.82. The Labute approximate surface area is 121 Å². The van der Waals surface area contributed by atoms with Crippen LogP contribution in [-0.2, 0) is 0 Å². The first kappa shape index (κ1) is 12.0. The fraction of sp³-hybridized carbons (Fsp3) is 0.357. The maximum Gasteiger partial charge on any atom is 0.134 e. The zero-order valence-corrected chi connectivity index (χ0v) is 11.8. The summed E-state index contributed by atoms with van der Waals surface area (Å²) < 4.78 is 0. The lowest BCUT2D eigenvalue weighted by Gasteiger charge is -2.30. The molecule has 4 heterocycles. The maximum atomic E-state index is 6.12. The third kappa shape index (κ3) is 1.83. The molecular weight excluding hydrogens is 270 g/mol. The lowest BCUT2D eigenvalue weighted by atomic mass is 10.1. The highest BCUT2D eigenvalue weighted by Gasteiger charge is 2.39. The molecule has 0 aliphatic carbocycles. The van der Waals surface area contributed by atoms with E-state index in [1.54, 1.807) is 18.7 Å². The summed E-state index contributed by atoms with van der Waals surface area (Å²) in [5.41, 5.74) is 9.05. The van der Waals surface area contributed by atoms with Crippen LogP contribution in [0.1, 0.15) is 6.42 Å². The van der Waals surface area contributed by atoms with E-state index in [9.17, 15) is 0 Å². The van der Waals surface area contributed by atoms with E-state index in [-0.39, 0.29) is 0 Å². The van der Waals surface area contributed by atoms with Crippen molar-refractivity contribution in [2.45, 2.75) is 17.7 Å². The van der Waals surface area contributed by atoms with E-state index in [0.717, 1.165) is 28.7 Å². The van der Waals surface area contributed by atoms with Gasteiger partial charge < -0.3 is 10.6 Å². The van der Waals surface area contributed by atoms with Gasteiger partial charge in [-0.15, -0.1) is 0 Å². The highest BCUT2D eigenvalue weighted by atomic mass is 32.2. The van der Waals surface area contributed by atoms with Gasteiger partial charge in [0.25, 0.3) is 0 Å². The second-order valence-corrected chi connectivity index (χ2v) is 6.52. The fourth-order valence-corrected chi connectivity index (χ4v) is 4.54. The van der Waals surface area contributed by atoms with Crippen LogP contribution in [0.5, 0.6) is 0 Å². The third-order valence-corrected chi connectivity index (χ3v) is 5.40. The zero-order chi connectivity index (χ0) is 13.5. The Morgan fingerprint density at radius 3 is 2.90 bits per heavy atom. The summed E-state index contributed by atoms with van der Waals surface area (Å²) in [6.07, 6.45) is 6.35. The summed E-state index contributed by atoms with van der Waals surface area (Å²) in [6, 6.07) is 4.56. The highest BCUT2D eigenvalue weighted by Crippen LogP contribution is 2.43. The molecule has 4 rings (SSSR count). The summed E-state index contributed by atoms with van der Waals surface area (Å²) in [7, 11) is 0. The number of hydrogen-bond acceptors (Lipinski definition) is 6. The molecule has 2 unspecified atom stereocenters. The van der Waals surface area contributed by atoms with Crippen LogP contribution in [-0.4, -0.2) is 38.5 Å². The minimum Gasteiger partial charge on any atom is -0.383 e. The normalized spacial score (nSPS) is 24.3. The molecule has 0 spiro atoms. The average molecular weight is 285 g/mol. The molecule has 6 heteroatoms. The zero-order valence-electron chi connectivity index (χ0n) is 10.9. The number of rotatable bonds is 2. The van der Waals surface area contributed by atoms with E-state index in [0.29, 0.717) is 11.9 Å². The van der Waals surface area contributed by atoms with Crippen LogP contribution in [0.15, 0.2) is 30.9 Å². The standard InChI is InChI=1S/C14H15N5S/c15-14-13(11-1-3-16-8-18-11)12(2-4-17-14)19-6-10-5-9(19)7-20-10/h1-4,8-10H,5-7H2,(H2,15,17). The Morgan fingerprint density at radius 1 is 1.25 bits per heavy atom. The molecule has 5 nitrogen and oxygen atoms in total. The van der Waals surface area contributed by atoms with Crippen LogP contribution in [0.25, 0.3) is 11.3 Å². The molecule has 2 aliphatic rings. The lowest BCUT2D eigenvalue weighted by Crippen LogP contribution is -2.34. The first-order valence-electron chi connectivity index (χ1n) is 6.72. The Bertz CT molecular complexity index is 633. The third-order valence-electron chi connectivity index (χ3n) is 4.01. The molecule has 0 saturated carbocycles. The Morgan fingerprint density at radius 2 is 2.20 bits per heavy atom. The monoisotopic (exact) mass is 285 g/mol. The summed E-state index contributed by atoms with van der Waals surface area (Å²) in [4.78, 5) is 15.0. The smallest absolute Gasteiger partial charge is 0.134 e. The van der Waals surface area contributed by atoms with Gasteiger partial charge in [0.15, 0.2) is 0 Å². The molecule has 102 valence electrons. The number of aromatic nitrogens is 3. The van der Waals surface area contributed by atoms with Gasteiger partial charge in [-0.1, -0.05) is 0 Å². The van der Waals surface area contributed by atoms with E-state index >= 15 is 0 Å². The molecule has 2 atom stereocenters. The van der Waals surface area contributed by atoms with Crippen LogP contribution < -0.4 is 10.6 Å². The van der Waals surface area contributed by atoms with Crippen LogP contribution in [0, 0.1) is 0 Å². The minimum absolute atomic E-state index is 0.539. The van der Waals surface area contributed by atoms with Gasteiger partial charge in [-0.25, -0.2) is 15.0 Å². The molecule has 2 aliphatic heterocycles. The molecule has 2 aromatic rings. The van der Waals surface area contributed by atoms with Gasteiger partial charge in [-0.2, -0.15) is 11.8 Å². The number of pyridine rings is 1. The largest absolute Gasteiger partial charge is 0.383 e.